The van der Waals surface area contributed by atoms with E-state index in [9.17, 15) is 4.79 Å². The normalized spacial score (nSPS) is 12.0. The monoisotopic (exact) mass is 371 g/mol. The molecular weight excluding hydrogens is 350 g/mol. The second-order valence-electron chi connectivity index (χ2n) is 6.58. The van der Waals surface area contributed by atoms with E-state index in [4.69, 9.17) is 0 Å². The highest BCUT2D eigenvalue weighted by Crippen LogP contribution is 2.27. The number of carbonyl (C=O) groups excluding carboxylic acids is 1. The standard InChI is InChI=1S/C24H21NOS/c1-2-17-9-11-19(12-10-17)23(22-8-5-15-27-22)25-24(26)21-14-13-18-6-3-4-7-20(18)16-21/h3-16,23H,2H2,1H3,(H,25,26)/t23-/m0/s1. The summed E-state index contributed by atoms with van der Waals surface area (Å²) >= 11 is 1.66. The maximum atomic E-state index is 13.0. The fraction of sp³-hybridized carbons (Fsp3) is 0.125. The average molecular weight is 372 g/mol. The minimum atomic E-state index is -0.144. The zero-order valence-electron chi connectivity index (χ0n) is 15.2. The molecule has 134 valence electrons. The van der Waals surface area contributed by atoms with Gasteiger partial charge in [-0.05, 0) is 51.9 Å². The predicted molar refractivity (Wildman–Crippen MR) is 113 cm³/mol. The zero-order valence-corrected chi connectivity index (χ0v) is 16.0. The van der Waals surface area contributed by atoms with Crippen LogP contribution in [0.25, 0.3) is 10.8 Å². The van der Waals surface area contributed by atoms with Gasteiger partial charge >= 0.3 is 0 Å². The smallest absolute Gasteiger partial charge is 0.252 e. The molecule has 4 rings (SSSR count). The van der Waals surface area contributed by atoms with E-state index in [0.29, 0.717) is 5.56 Å². The third-order valence-electron chi connectivity index (χ3n) is 4.84. The number of rotatable bonds is 5. The Morgan fingerprint density at radius 2 is 1.70 bits per heavy atom. The number of nitrogens with one attached hydrogen (secondary N) is 1. The number of thiophene rings is 1. The number of benzene rings is 3. The molecule has 1 atom stereocenters. The van der Waals surface area contributed by atoms with Crippen molar-refractivity contribution in [3.63, 3.8) is 0 Å². The number of fused-ring (bicyclic) bond motifs is 1. The van der Waals surface area contributed by atoms with Crippen LogP contribution in [0, 0.1) is 0 Å². The van der Waals surface area contributed by atoms with Gasteiger partial charge in [0.15, 0.2) is 0 Å². The Balaban J connectivity index is 1.64. The lowest BCUT2D eigenvalue weighted by atomic mass is 10.0. The van der Waals surface area contributed by atoms with E-state index in [0.717, 1.165) is 27.6 Å². The molecule has 3 heteroatoms. The van der Waals surface area contributed by atoms with Gasteiger partial charge in [-0.25, -0.2) is 0 Å². The molecule has 1 heterocycles. The molecular formula is C24H21NOS. The Bertz CT molecular complexity index is 1050. The van der Waals surface area contributed by atoms with Gasteiger partial charge in [-0.3, -0.25) is 4.79 Å². The largest absolute Gasteiger partial charge is 0.340 e. The van der Waals surface area contributed by atoms with E-state index in [1.807, 2.05) is 47.8 Å². The summed E-state index contributed by atoms with van der Waals surface area (Å²) in [5, 5.41) is 7.48. The summed E-state index contributed by atoms with van der Waals surface area (Å²) in [4.78, 5) is 14.1. The molecule has 2 nitrogen and oxygen atoms in total. The lowest BCUT2D eigenvalue weighted by Gasteiger charge is -2.19. The highest BCUT2D eigenvalue weighted by atomic mass is 32.1. The lowest BCUT2D eigenvalue weighted by molar-refractivity contribution is 0.0943. The maximum absolute atomic E-state index is 13.0. The third-order valence-corrected chi connectivity index (χ3v) is 5.77. The van der Waals surface area contributed by atoms with E-state index < -0.39 is 0 Å². The molecule has 1 amide bonds. The van der Waals surface area contributed by atoms with Gasteiger partial charge in [0.25, 0.3) is 5.91 Å². The Morgan fingerprint density at radius 1 is 0.926 bits per heavy atom. The molecule has 0 saturated carbocycles. The minimum absolute atomic E-state index is 0.0567. The third kappa shape index (κ3) is 3.79. The molecule has 3 aromatic carbocycles. The second-order valence-corrected chi connectivity index (χ2v) is 7.56. The summed E-state index contributed by atoms with van der Waals surface area (Å²) in [6, 6.07) is 26.4. The molecule has 0 bridgehead atoms. The molecule has 1 N–H and O–H groups in total. The molecule has 1 aromatic heterocycles. The Morgan fingerprint density at radius 3 is 2.41 bits per heavy atom. The van der Waals surface area contributed by atoms with Crippen molar-refractivity contribution in [1.29, 1.82) is 0 Å². The first-order chi connectivity index (χ1) is 13.2. The first kappa shape index (κ1) is 17.5. The van der Waals surface area contributed by atoms with Gasteiger partial charge in [0.2, 0.25) is 0 Å². The molecule has 0 spiro atoms. The van der Waals surface area contributed by atoms with Crippen LogP contribution in [0.1, 0.15) is 39.3 Å². The van der Waals surface area contributed by atoms with E-state index in [2.05, 4.69) is 48.6 Å². The van der Waals surface area contributed by atoms with Crippen LogP contribution in [0.5, 0.6) is 0 Å². The summed E-state index contributed by atoms with van der Waals surface area (Å²) < 4.78 is 0. The molecule has 27 heavy (non-hydrogen) atoms. The van der Waals surface area contributed by atoms with Crippen LogP contribution in [0.3, 0.4) is 0 Å². The van der Waals surface area contributed by atoms with Gasteiger partial charge in [0.1, 0.15) is 0 Å². The lowest BCUT2D eigenvalue weighted by Crippen LogP contribution is -2.28. The van der Waals surface area contributed by atoms with Crippen LogP contribution in [0.2, 0.25) is 0 Å². The van der Waals surface area contributed by atoms with Crippen molar-refractivity contribution in [3.8, 4) is 0 Å². The van der Waals surface area contributed by atoms with Gasteiger partial charge in [-0.2, -0.15) is 0 Å². The summed E-state index contributed by atoms with van der Waals surface area (Å²) in [6.45, 7) is 2.15. The molecule has 0 aliphatic rings. The molecule has 4 aromatic rings. The van der Waals surface area contributed by atoms with Crippen molar-refractivity contribution in [3.05, 3.63) is 106 Å². The predicted octanol–water partition coefficient (Wildman–Crippen LogP) is 5.98. The molecule has 0 fully saturated rings. The van der Waals surface area contributed by atoms with Crippen LogP contribution < -0.4 is 5.32 Å². The second kappa shape index (κ2) is 7.77. The fourth-order valence-corrected chi connectivity index (χ4v) is 4.07. The van der Waals surface area contributed by atoms with E-state index in [-0.39, 0.29) is 11.9 Å². The van der Waals surface area contributed by atoms with Crippen molar-refractivity contribution in [2.24, 2.45) is 0 Å². The van der Waals surface area contributed by atoms with Crippen LogP contribution in [-0.2, 0) is 6.42 Å². The van der Waals surface area contributed by atoms with Gasteiger partial charge in [-0.1, -0.05) is 67.6 Å². The first-order valence-electron chi connectivity index (χ1n) is 9.16. The van der Waals surface area contributed by atoms with Crippen LogP contribution in [-0.4, -0.2) is 5.91 Å². The SMILES string of the molecule is CCc1ccc([C@H](NC(=O)c2ccc3ccccc3c2)c2cccs2)cc1. The molecule has 0 aliphatic heterocycles. The maximum Gasteiger partial charge on any atom is 0.252 e. The van der Waals surface area contributed by atoms with Crippen molar-refractivity contribution >= 4 is 28.0 Å². The number of amides is 1. The van der Waals surface area contributed by atoms with Crippen molar-refractivity contribution in [2.75, 3.05) is 0 Å². The summed E-state index contributed by atoms with van der Waals surface area (Å²) in [6.07, 6.45) is 1.01. The minimum Gasteiger partial charge on any atom is -0.340 e. The number of hydrogen-bond acceptors (Lipinski definition) is 2. The summed E-state index contributed by atoms with van der Waals surface area (Å²) in [7, 11) is 0. The molecule has 0 aliphatic carbocycles. The van der Waals surface area contributed by atoms with Crippen molar-refractivity contribution in [2.45, 2.75) is 19.4 Å². The first-order valence-corrected chi connectivity index (χ1v) is 10.0. The average Bonchev–Trinajstić information content (AvgIpc) is 3.26. The number of hydrogen-bond donors (Lipinski definition) is 1. The van der Waals surface area contributed by atoms with Gasteiger partial charge in [-0.15, -0.1) is 11.3 Å². The Hall–Kier alpha value is -2.91. The zero-order chi connectivity index (χ0) is 18.6. The van der Waals surface area contributed by atoms with Crippen LogP contribution >= 0.6 is 11.3 Å². The summed E-state index contributed by atoms with van der Waals surface area (Å²) in [5.74, 6) is -0.0567. The topological polar surface area (TPSA) is 29.1 Å². The van der Waals surface area contributed by atoms with Crippen molar-refractivity contribution in [1.82, 2.24) is 5.32 Å². The van der Waals surface area contributed by atoms with E-state index in [1.54, 1.807) is 11.3 Å². The quantitative estimate of drug-likeness (QED) is 0.459. The van der Waals surface area contributed by atoms with Gasteiger partial charge in [0.05, 0.1) is 6.04 Å². The van der Waals surface area contributed by atoms with Crippen LogP contribution in [0.4, 0.5) is 0 Å². The van der Waals surface area contributed by atoms with Gasteiger partial charge < -0.3 is 5.32 Å². The number of carbonyl (C=O) groups is 1. The Kier molecular flexibility index (Phi) is 5.03. The number of aryl methyl sites for hydroxylation is 1. The van der Waals surface area contributed by atoms with E-state index in [1.165, 1.54) is 5.56 Å². The van der Waals surface area contributed by atoms with Crippen LogP contribution in [0.15, 0.2) is 84.2 Å². The Labute approximate surface area is 163 Å². The summed E-state index contributed by atoms with van der Waals surface area (Å²) in [5.41, 5.74) is 3.08. The van der Waals surface area contributed by atoms with Crippen molar-refractivity contribution < 1.29 is 4.79 Å². The molecule has 0 saturated heterocycles. The fourth-order valence-electron chi connectivity index (χ4n) is 3.27. The van der Waals surface area contributed by atoms with Gasteiger partial charge in [0, 0.05) is 10.4 Å². The van der Waals surface area contributed by atoms with E-state index >= 15 is 0 Å². The molecule has 0 radical (unpaired) electrons. The highest BCUT2D eigenvalue weighted by Gasteiger charge is 2.19. The molecule has 0 unspecified atom stereocenters. The highest BCUT2D eigenvalue weighted by molar-refractivity contribution is 7.10.